The van der Waals surface area contributed by atoms with Crippen LogP contribution in [0.1, 0.15) is 25.7 Å². The second-order valence-electron chi connectivity index (χ2n) is 5.51. The van der Waals surface area contributed by atoms with E-state index in [9.17, 15) is 4.79 Å². The molecule has 1 saturated heterocycles. The third kappa shape index (κ3) is 2.39. The molecule has 1 heterocycles. The van der Waals surface area contributed by atoms with Crippen molar-refractivity contribution in [3.63, 3.8) is 0 Å². The molecular weight excluding hydrogens is 238 g/mol. The van der Waals surface area contributed by atoms with Crippen LogP contribution in [-0.2, 0) is 0 Å². The molecule has 0 radical (unpaired) electrons. The minimum Gasteiger partial charge on any atom is -0.388 e. The Labute approximate surface area is 114 Å². The van der Waals surface area contributed by atoms with Crippen LogP contribution in [0.3, 0.4) is 0 Å². The van der Waals surface area contributed by atoms with Crippen molar-refractivity contribution < 1.29 is 4.79 Å². The highest BCUT2D eigenvalue weighted by atomic mass is 16.2. The Morgan fingerprint density at radius 3 is 2.84 bits per heavy atom. The fraction of sp³-hybridized carbons (Fsp3) is 0.533. The van der Waals surface area contributed by atoms with Crippen LogP contribution in [0.2, 0.25) is 0 Å². The van der Waals surface area contributed by atoms with Crippen LogP contribution in [0.25, 0.3) is 0 Å². The number of urea groups is 1. The Balaban J connectivity index is 1.75. The van der Waals surface area contributed by atoms with E-state index in [1.807, 2.05) is 36.2 Å². The molecule has 102 valence electrons. The molecule has 4 heteroatoms. The van der Waals surface area contributed by atoms with Crippen LogP contribution in [-0.4, -0.2) is 25.7 Å². The molecule has 1 aliphatic heterocycles. The molecule has 2 N–H and O–H groups in total. The number of carbonyl (C=O) groups is 1. The number of benzene rings is 1. The van der Waals surface area contributed by atoms with Crippen molar-refractivity contribution in [2.24, 2.45) is 5.92 Å². The fourth-order valence-electron chi connectivity index (χ4n) is 3.24. The van der Waals surface area contributed by atoms with Crippen LogP contribution < -0.4 is 15.5 Å². The first kappa shape index (κ1) is 12.3. The highest BCUT2D eigenvalue weighted by Gasteiger charge is 2.35. The molecule has 3 rings (SSSR count). The van der Waals surface area contributed by atoms with E-state index < -0.39 is 0 Å². The predicted octanol–water partition coefficient (Wildman–Crippen LogP) is 2.82. The minimum absolute atomic E-state index is 0.0464. The minimum atomic E-state index is 0.0464. The van der Waals surface area contributed by atoms with Crippen molar-refractivity contribution >= 4 is 17.4 Å². The number of hydrogen-bond acceptors (Lipinski definition) is 2. The maximum Gasteiger partial charge on any atom is 0.322 e. The average molecular weight is 259 g/mol. The zero-order valence-electron chi connectivity index (χ0n) is 11.4. The van der Waals surface area contributed by atoms with Crippen molar-refractivity contribution in [1.82, 2.24) is 5.32 Å². The van der Waals surface area contributed by atoms with Gasteiger partial charge in [-0.3, -0.25) is 4.90 Å². The van der Waals surface area contributed by atoms with E-state index in [1.54, 1.807) is 0 Å². The van der Waals surface area contributed by atoms with Gasteiger partial charge in [0.25, 0.3) is 0 Å². The molecule has 1 saturated carbocycles. The quantitative estimate of drug-likeness (QED) is 0.876. The Morgan fingerprint density at radius 1 is 1.32 bits per heavy atom. The highest BCUT2D eigenvalue weighted by molar-refractivity contribution is 5.95. The molecule has 2 aliphatic rings. The van der Waals surface area contributed by atoms with E-state index in [0.29, 0.717) is 12.0 Å². The predicted molar refractivity (Wildman–Crippen MR) is 77.6 cm³/mol. The normalized spacial score (nSPS) is 23.7. The summed E-state index contributed by atoms with van der Waals surface area (Å²) in [6.07, 6.45) is 5.14. The van der Waals surface area contributed by atoms with E-state index in [0.717, 1.165) is 17.9 Å². The number of hydrogen-bond donors (Lipinski definition) is 2. The second-order valence-corrected chi connectivity index (χ2v) is 5.51. The van der Waals surface area contributed by atoms with E-state index in [2.05, 4.69) is 10.6 Å². The molecule has 1 atom stereocenters. The lowest BCUT2D eigenvalue weighted by molar-refractivity contribution is 0.249. The van der Waals surface area contributed by atoms with E-state index in [-0.39, 0.29) is 6.03 Å². The van der Waals surface area contributed by atoms with Gasteiger partial charge >= 0.3 is 6.03 Å². The van der Waals surface area contributed by atoms with Crippen molar-refractivity contribution in [1.29, 1.82) is 0 Å². The number of anilines is 2. The van der Waals surface area contributed by atoms with Gasteiger partial charge in [-0.05, 0) is 37.0 Å². The molecule has 2 amide bonds. The Kier molecular flexibility index (Phi) is 3.32. The standard InChI is InChI=1S/C15H21N3O/c1-16-12-7-4-8-13(9-12)18-10-14(17-15(18)19)11-5-2-3-6-11/h4,7-9,11,14,16H,2-3,5-6,10H2,1H3,(H,17,19). The monoisotopic (exact) mass is 259 g/mol. The number of nitrogens with one attached hydrogen (secondary N) is 2. The first-order chi connectivity index (χ1) is 9.28. The van der Waals surface area contributed by atoms with Crippen LogP contribution in [0.15, 0.2) is 24.3 Å². The van der Waals surface area contributed by atoms with Gasteiger partial charge in [-0.1, -0.05) is 18.9 Å². The molecule has 4 nitrogen and oxygen atoms in total. The Morgan fingerprint density at radius 2 is 2.11 bits per heavy atom. The van der Waals surface area contributed by atoms with Crippen molar-refractivity contribution in [2.45, 2.75) is 31.7 Å². The lowest BCUT2D eigenvalue weighted by Crippen LogP contribution is -2.32. The van der Waals surface area contributed by atoms with E-state index in [4.69, 9.17) is 0 Å². The second kappa shape index (κ2) is 5.11. The average Bonchev–Trinajstić information content (AvgIpc) is 3.07. The summed E-state index contributed by atoms with van der Waals surface area (Å²) >= 11 is 0. The van der Waals surface area contributed by atoms with Gasteiger partial charge < -0.3 is 10.6 Å². The summed E-state index contributed by atoms with van der Waals surface area (Å²) in [5.74, 6) is 0.668. The maximum atomic E-state index is 12.1. The topological polar surface area (TPSA) is 44.4 Å². The van der Waals surface area contributed by atoms with Crippen LogP contribution in [0.4, 0.5) is 16.2 Å². The molecule has 0 spiro atoms. The number of nitrogens with zero attached hydrogens (tertiary/aromatic N) is 1. The van der Waals surface area contributed by atoms with Gasteiger partial charge in [-0.2, -0.15) is 0 Å². The van der Waals surface area contributed by atoms with Gasteiger partial charge in [-0.15, -0.1) is 0 Å². The lowest BCUT2D eigenvalue weighted by Gasteiger charge is -2.18. The zero-order valence-corrected chi connectivity index (χ0v) is 11.4. The third-order valence-electron chi connectivity index (χ3n) is 4.35. The molecule has 1 aromatic carbocycles. The summed E-state index contributed by atoms with van der Waals surface area (Å²) in [4.78, 5) is 14.0. The number of carbonyl (C=O) groups excluding carboxylic acids is 1. The third-order valence-corrected chi connectivity index (χ3v) is 4.35. The first-order valence-electron chi connectivity index (χ1n) is 7.14. The number of rotatable bonds is 3. The van der Waals surface area contributed by atoms with Gasteiger partial charge in [-0.25, -0.2) is 4.79 Å². The van der Waals surface area contributed by atoms with Crippen molar-refractivity contribution in [3.8, 4) is 0 Å². The summed E-state index contributed by atoms with van der Waals surface area (Å²) < 4.78 is 0. The van der Waals surface area contributed by atoms with E-state index in [1.165, 1.54) is 25.7 Å². The smallest absolute Gasteiger partial charge is 0.322 e. The SMILES string of the molecule is CNc1cccc(N2CC(C3CCCC3)NC2=O)c1. The Hall–Kier alpha value is -1.71. The van der Waals surface area contributed by atoms with Crippen molar-refractivity contribution in [2.75, 3.05) is 23.8 Å². The molecule has 1 aromatic rings. The molecule has 2 fully saturated rings. The maximum absolute atomic E-state index is 12.1. The first-order valence-corrected chi connectivity index (χ1v) is 7.14. The molecule has 1 aliphatic carbocycles. The summed E-state index contributed by atoms with van der Waals surface area (Å²) in [5, 5.41) is 6.26. The van der Waals surface area contributed by atoms with E-state index >= 15 is 0 Å². The molecule has 0 bridgehead atoms. The summed E-state index contributed by atoms with van der Waals surface area (Å²) in [7, 11) is 1.89. The van der Waals surface area contributed by atoms with Gasteiger partial charge in [0.1, 0.15) is 0 Å². The van der Waals surface area contributed by atoms with Gasteiger partial charge in [0.15, 0.2) is 0 Å². The highest BCUT2D eigenvalue weighted by Crippen LogP contribution is 2.31. The molecule has 1 unspecified atom stereocenters. The van der Waals surface area contributed by atoms with Crippen LogP contribution >= 0.6 is 0 Å². The van der Waals surface area contributed by atoms with Crippen LogP contribution in [0, 0.1) is 5.92 Å². The molecule has 19 heavy (non-hydrogen) atoms. The largest absolute Gasteiger partial charge is 0.388 e. The summed E-state index contributed by atoms with van der Waals surface area (Å²) in [6.45, 7) is 0.802. The van der Waals surface area contributed by atoms with Gasteiger partial charge in [0.2, 0.25) is 0 Å². The summed E-state index contributed by atoms with van der Waals surface area (Å²) in [6, 6.07) is 8.38. The van der Waals surface area contributed by atoms with Crippen LogP contribution in [0.5, 0.6) is 0 Å². The lowest BCUT2D eigenvalue weighted by atomic mass is 9.99. The fourth-order valence-corrected chi connectivity index (χ4v) is 3.24. The molecule has 0 aromatic heterocycles. The Bertz CT molecular complexity index is 468. The zero-order chi connectivity index (χ0) is 13.2. The van der Waals surface area contributed by atoms with Crippen molar-refractivity contribution in [3.05, 3.63) is 24.3 Å². The number of amides is 2. The summed E-state index contributed by atoms with van der Waals surface area (Å²) in [5.41, 5.74) is 2.01. The van der Waals surface area contributed by atoms with Gasteiger partial charge in [0.05, 0.1) is 6.04 Å². The molecular formula is C15H21N3O. The van der Waals surface area contributed by atoms with Gasteiger partial charge in [0, 0.05) is 25.0 Å².